The summed E-state index contributed by atoms with van der Waals surface area (Å²) in [4.78, 5) is 0. The highest BCUT2D eigenvalue weighted by molar-refractivity contribution is 4.92. The third-order valence-electron chi connectivity index (χ3n) is 3.68. The second-order valence-corrected chi connectivity index (χ2v) is 5.57. The maximum absolute atomic E-state index is 4.10. The third kappa shape index (κ3) is 3.04. The zero-order valence-electron chi connectivity index (χ0n) is 11.0. The number of aromatic nitrogens is 3. The van der Waals surface area contributed by atoms with Crippen molar-refractivity contribution in [3.63, 3.8) is 0 Å². The van der Waals surface area contributed by atoms with E-state index in [-0.39, 0.29) is 0 Å². The van der Waals surface area contributed by atoms with Crippen LogP contribution in [0.5, 0.6) is 0 Å². The third-order valence-corrected chi connectivity index (χ3v) is 3.68. The summed E-state index contributed by atoms with van der Waals surface area (Å²) < 4.78 is 1.98. The van der Waals surface area contributed by atoms with E-state index in [1.54, 1.807) is 6.33 Å². The van der Waals surface area contributed by atoms with Crippen molar-refractivity contribution in [3.05, 3.63) is 12.2 Å². The molecule has 96 valence electrons. The van der Waals surface area contributed by atoms with Gasteiger partial charge in [0.05, 0.1) is 0 Å². The van der Waals surface area contributed by atoms with Crippen molar-refractivity contribution in [2.75, 3.05) is 19.6 Å². The first kappa shape index (κ1) is 12.5. The van der Waals surface area contributed by atoms with E-state index in [0.717, 1.165) is 31.9 Å². The Morgan fingerprint density at radius 2 is 2.41 bits per heavy atom. The van der Waals surface area contributed by atoms with Gasteiger partial charge in [0.25, 0.3) is 0 Å². The van der Waals surface area contributed by atoms with Crippen molar-refractivity contribution in [3.8, 4) is 0 Å². The first-order valence-corrected chi connectivity index (χ1v) is 6.36. The van der Waals surface area contributed by atoms with Crippen LogP contribution in [0.4, 0.5) is 0 Å². The molecule has 0 spiro atoms. The van der Waals surface area contributed by atoms with Gasteiger partial charge in [0.15, 0.2) is 0 Å². The molecule has 5 nitrogen and oxygen atoms in total. The predicted octanol–water partition coefficient (Wildman–Crippen LogP) is 0.335. The molecule has 2 rings (SSSR count). The largest absolute Gasteiger partial charge is 0.321 e. The maximum atomic E-state index is 4.10. The molecule has 0 aliphatic carbocycles. The van der Waals surface area contributed by atoms with Crippen molar-refractivity contribution >= 4 is 0 Å². The van der Waals surface area contributed by atoms with Crippen molar-refractivity contribution in [2.24, 2.45) is 12.5 Å². The van der Waals surface area contributed by atoms with E-state index in [4.69, 9.17) is 0 Å². The van der Waals surface area contributed by atoms with E-state index in [1.165, 1.54) is 6.42 Å². The van der Waals surface area contributed by atoms with E-state index in [2.05, 4.69) is 34.7 Å². The van der Waals surface area contributed by atoms with Gasteiger partial charge in [0.2, 0.25) is 0 Å². The first-order chi connectivity index (χ1) is 8.09. The molecule has 1 aliphatic rings. The number of hydrogen-bond acceptors (Lipinski definition) is 4. The smallest absolute Gasteiger partial charge is 0.133 e. The van der Waals surface area contributed by atoms with E-state index >= 15 is 0 Å². The topological polar surface area (TPSA) is 54.8 Å². The Labute approximate surface area is 103 Å². The second-order valence-electron chi connectivity index (χ2n) is 5.57. The highest BCUT2D eigenvalue weighted by atomic mass is 15.2. The molecule has 0 radical (unpaired) electrons. The van der Waals surface area contributed by atoms with Crippen LogP contribution in [0.25, 0.3) is 0 Å². The van der Waals surface area contributed by atoms with Gasteiger partial charge in [-0.3, -0.25) is 0 Å². The number of rotatable bonds is 4. The van der Waals surface area contributed by atoms with Gasteiger partial charge in [0, 0.05) is 32.6 Å². The SMILES string of the molecule is Cn1cnnc1CCNC1CCNCC1(C)C. The van der Waals surface area contributed by atoms with Crippen LogP contribution in [0.3, 0.4) is 0 Å². The van der Waals surface area contributed by atoms with Crippen LogP contribution < -0.4 is 10.6 Å². The van der Waals surface area contributed by atoms with E-state index in [0.29, 0.717) is 11.5 Å². The fourth-order valence-corrected chi connectivity index (χ4v) is 2.44. The van der Waals surface area contributed by atoms with Crippen LogP contribution >= 0.6 is 0 Å². The van der Waals surface area contributed by atoms with Gasteiger partial charge in [-0.2, -0.15) is 0 Å². The van der Waals surface area contributed by atoms with Crippen molar-refractivity contribution in [1.29, 1.82) is 0 Å². The minimum absolute atomic E-state index is 0.331. The van der Waals surface area contributed by atoms with Crippen LogP contribution in [-0.4, -0.2) is 40.4 Å². The molecule has 0 aromatic carbocycles. The number of aryl methyl sites for hydroxylation is 1. The number of nitrogens with one attached hydrogen (secondary N) is 2. The lowest BCUT2D eigenvalue weighted by Crippen LogP contribution is -2.53. The standard InChI is InChI=1S/C12H23N5/c1-12(2)8-13-6-4-10(12)14-7-5-11-16-15-9-17(11)3/h9-10,13-14H,4-8H2,1-3H3. The molecule has 1 aliphatic heterocycles. The number of piperidine rings is 1. The highest BCUT2D eigenvalue weighted by Gasteiger charge is 2.31. The number of nitrogens with zero attached hydrogens (tertiary/aromatic N) is 3. The Morgan fingerprint density at radius 3 is 3.06 bits per heavy atom. The van der Waals surface area contributed by atoms with Gasteiger partial charge in [0.1, 0.15) is 12.2 Å². The molecule has 1 aromatic rings. The van der Waals surface area contributed by atoms with Gasteiger partial charge in [-0.05, 0) is 18.4 Å². The highest BCUT2D eigenvalue weighted by Crippen LogP contribution is 2.24. The van der Waals surface area contributed by atoms with Crippen molar-refractivity contribution in [2.45, 2.75) is 32.7 Å². The van der Waals surface area contributed by atoms with Gasteiger partial charge in [-0.1, -0.05) is 13.8 Å². The first-order valence-electron chi connectivity index (χ1n) is 6.36. The number of hydrogen-bond donors (Lipinski definition) is 2. The molecule has 1 atom stereocenters. The Kier molecular flexibility index (Phi) is 3.79. The van der Waals surface area contributed by atoms with Crippen LogP contribution in [0, 0.1) is 5.41 Å². The maximum Gasteiger partial charge on any atom is 0.133 e. The van der Waals surface area contributed by atoms with Gasteiger partial charge in [-0.15, -0.1) is 10.2 Å². The molecule has 2 N–H and O–H groups in total. The predicted molar refractivity (Wildman–Crippen MR) is 67.8 cm³/mol. The van der Waals surface area contributed by atoms with Gasteiger partial charge < -0.3 is 15.2 Å². The zero-order chi connectivity index (χ0) is 12.3. The summed E-state index contributed by atoms with van der Waals surface area (Å²) in [5.74, 6) is 1.05. The molecular weight excluding hydrogens is 214 g/mol. The quantitative estimate of drug-likeness (QED) is 0.792. The molecular formula is C12H23N5. The van der Waals surface area contributed by atoms with E-state index in [9.17, 15) is 0 Å². The zero-order valence-corrected chi connectivity index (χ0v) is 11.0. The van der Waals surface area contributed by atoms with Crippen LogP contribution in [0.1, 0.15) is 26.1 Å². The summed E-state index contributed by atoms with van der Waals surface area (Å²) in [6.07, 6.45) is 3.89. The normalized spacial score (nSPS) is 23.8. The minimum atomic E-state index is 0.331. The molecule has 2 heterocycles. The Morgan fingerprint density at radius 1 is 1.59 bits per heavy atom. The fraction of sp³-hybridized carbons (Fsp3) is 0.833. The molecule has 1 fully saturated rings. The molecule has 17 heavy (non-hydrogen) atoms. The van der Waals surface area contributed by atoms with E-state index < -0.39 is 0 Å². The molecule has 1 aromatic heterocycles. The molecule has 0 amide bonds. The molecule has 1 unspecified atom stereocenters. The Bertz CT molecular complexity index is 358. The van der Waals surface area contributed by atoms with Crippen LogP contribution in [0.15, 0.2) is 6.33 Å². The summed E-state index contributed by atoms with van der Waals surface area (Å²) in [6.45, 7) is 7.82. The van der Waals surface area contributed by atoms with Crippen LogP contribution in [-0.2, 0) is 13.5 Å². The summed E-state index contributed by atoms with van der Waals surface area (Å²) >= 11 is 0. The lowest BCUT2D eigenvalue weighted by molar-refractivity contribution is 0.186. The fourth-order valence-electron chi connectivity index (χ4n) is 2.44. The summed E-state index contributed by atoms with van der Waals surface area (Å²) in [6, 6.07) is 0.594. The van der Waals surface area contributed by atoms with Gasteiger partial charge in [-0.25, -0.2) is 0 Å². The lowest BCUT2D eigenvalue weighted by atomic mass is 9.80. The molecule has 0 saturated carbocycles. The lowest BCUT2D eigenvalue weighted by Gasteiger charge is -2.39. The van der Waals surface area contributed by atoms with E-state index in [1.807, 2.05) is 11.6 Å². The molecule has 5 heteroatoms. The average molecular weight is 237 g/mol. The van der Waals surface area contributed by atoms with Crippen molar-refractivity contribution < 1.29 is 0 Å². The second kappa shape index (κ2) is 5.14. The minimum Gasteiger partial charge on any atom is -0.321 e. The molecule has 0 bridgehead atoms. The van der Waals surface area contributed by atoms with Crippen LogP contribution in [0.2, 0.25) is 0 Å². The summed E-state index contributed by atoms with van der Waals surface area (Å²) in [5, 5.41) is 15.1. The Hall–Kier alpha value is -0.940. The average Bonchev–Trinajstić information content (AvgIpc) is 2.67. The Balaban J connectivity index is 1.80. The van der Waals surface area contributed by atoms with Gasteiger partial charge >= 0.3 is 0 Å². The molecule has 1 saturated heterocycles. The summed E-state index contributed by atoms with van der Waals surface area (Å²) in [7, 11) is 1.99. The summed E-state index contributed by atoms with van der Waals surface area (Å²) in [5.41, 5.74) is 0.331. The van der Waals surface area contributed by atoms with Crippen molar-refractivity contribution in [1.82, 2.24) is 25.4 Å². The monoisotopic (exact) mass is 237 g/mol.